The number of para-hydroxylation sites is 3. The second-order valence-corrected chi connectivity index (χ2v) is 15.2. The van der Waals surface area contributed by atoms with Gasteiger partial charge in [-0.05, 0) is 91.0 Å². The zero-order valence-corrected chi connectivity index (χ0v) is 30.3. The van der Waals surface area contributed by atoms with Crippen molar-refractivity contribution in [2.45, 2.75) is 0 Å². The molecule has 3 nitrogen and oxygen atoms in total. The van der Waals surface area contributed by atoms with Crippen LogP contribution in [0.1, 0.15) is 0 Å². The fourth-order valence-electron chi connectivity index (χ4n) is 7.51. The molecule has 1 N–H and O–H groups in total. The molecule has 0 atom stereocenters. The van der Waals surface area contributed by atoms with Crippen molar-refractivity contribution in [3.05, 3.63) is 194 Å². The van der Waals surface area contributed by atoms with Crippen molar-refractivity contribution >= 4 is 109 Å². The van der Waals surface area contributed by atoms with Crippen LogP contribution in [-0.4, -0.2) is 0 Å². The summed E-state index contributed by atoms with van der Waals surface area (Å²) in [6.07, 6.45) is 0. The Hall–Kier alpha value is -6.40. The third kappa shape index (κ3) is 5.67. The summed E-state index contributed by atoms with van der Waals surface area (Å²) in [5, 5.41) is 8.98. The minimum atomic E-state index is 1.00. The molecule has 0 amide bonds. The number of nitrogens with one attached hydrogen (secondary N) is 1. The van der Waals surface area contributed by atoms with Crippen molar-refractivity contribution in [1.29, 1.82) is 0 Å². The molecule has 53 heavy (non-hydrogen) atoms. The molecule has 10 aromatic rings. The molecule has 10 rings (SSSR count). The van der Waals surface area contributed by atoms with E-state index in [0.29, 0.717) is 0 Å². The molecule has 0 unspecified atom stereocenters. The smallest absolute Gasteiger partial charge is 0.0554 e. The van der Waals surface area contributed by atoms with Crippen LogP contribution in [0, 0.1) is 0 Å². The first-order valence-corrected chi connectivity index (χ1v) is 19.4. The summed E-state index contributed by atoms with van der Waals surface area (Å²) in [5.41, 5.74) is 8.61. The summed E-state index contributed by atoms with van der Waals surface area (Å²) in [6.45, 7) is 0. The van der Waals surface area contributed by atoms with E-state index in [0.717, 1.165) is 45.5 Å². The van der Waals surface area contributed by atoms with Crippen molar-refractivity contribution in [1.82, 2.24) is 0 Å². The van der Waals surface area contributed by atoms with Crippen LogP contribution in [0.5, 0.6) is 0 Å². The van der Waals surface area contributed by atoms with E-state index in [1.54, 1.807) is 0 Å². The van der Waals surface area contributed by atoms with E-state index in [1.807, 2.05) is 22.7 Å². The summed E-state index contributed by atoms with van der Waals surface area (Å²) < 4.78 is 5.11. The average Bonchev–Trinajstić information content (AvgIpc) is 3.79. The minimum absolute atomic E-state index is 1.00. The number of hydrogen-bond acceptors (Lipinski definition) is 5. The second-order valence-electron chi connectivity index (χ2n) is 13.1. The third-order valence-electron chi connectivity index (χ3n) is 9.77. The molecule has 5 heteroatoms. The van der Waals surface area contributed by atoms with Crippen LogP contribution in [0.3, 0.4) is 0 Å². The molecular formula is C48H33N3S2. The minimum Gasteiger partial charge on any atom is -0.355 e. The highest BCUT2D eigenvalue weighted by Gasteiger charge is 2.22. The molecule has 2 heterocycles. The SMILES string of the molecule is c1ccc(N(c2ccccc2)c2cc(Nc3cccc4sc5ccccc5c34)cc(N(c3ccccc3)c3cccc4sc5ccccc5c34)c2)cc1. The van der Waals surface area contributed by atoms with E-state index in [4.69, 9.17) is 0 Å². The molecule has 0 fully saturated rings. The lowest BCUT2D eigenvalue weighted by Gasteiger charge is -2.30. The van der Waals surface area contributed by atoms with E-state index < -0.39 is 0 Å². The summed E-state index contributed by atoms with van der Waals surface area (Å²) in [5.74, 6) is 0. The molecular weight excluding hydrogens is 683 g/mol. The Labute approximate surface area is 316 Å². The fraction of sp³-hybridized carbons (Fsp3) is 0. The quantitative estimate of drug-likeness (QED) is 0.169. The van der Waals surface area contributed by atoms with Crippen molar-refractivity contribution in [2.24, 2.45) is 0 Å². The Bertz CT molecular complexity index is 2840. The number of rotatable bonds is 8. The maximum Gasteiger partial charge on any atom is 0.0554 e. The normalized spacial score (nSPS) is 11.4. The molecule has 0 spiro atoms. The molecule has 8 aromatic carbocycles. The van der Waals surface area contributed by atoms with Gasteiger partial charge in [0.15, 0.2) is 0 Å². The van der Waals surface area contributed by atoms with Crippen LogP contribution in [0.15, 0.2) is 194 Å². The van der Waals surface area contributed by atoms with Crippen molar-refractivity contribution in [2.75, 3.05) is 15.1 Å². The zero-order valence-electron chi connectivity index (χ0n) is 28.7. The molecule has 0 saturated carbocycles. The van der Waals surface area contributed by atoms with E-state index in [-0.39, 0.29) is 0 Å². The molecule has 0 radical (unpaired) electrons. The number of nitrogens with zero attached hydrogens (tertiary/aromatic N) is 2. The van der Waals surface area contributed by atoms with Gasteiger partial charge in [0.1, 0.15) is 0 Å². The van der Waals surface area contributed by atoms with Gasteiger partial charge < -0.3 is 15.1 Å². The highest BCUT2D eigenvalue weighted by molar-refractivity contribution is 7.26. The predicted octanol–water partition coefficient (Wildman–Crippen LogP) is 15.1. The van der Waals surface area contributed by atoms with Gasteiger partial charge in [0.2, 0.25) is 0 Å². The van der Waals surface area contributed by atoms with Gasteiger partial charge in [-0.1, -0.05) is 103 Å². The molecule has 0 aliphatic carbocycles. The molecule has 0 bridgehead atoms. The van der Waals surface area contributed by atoms with Crippen LogP contribution < -0.4 is 15.1 Å². The maximum atomic E-state index is 3.94. The van der Waals surface area contributed by atoms with Gasteiger partial charge >= 0.3 is 0 Å². The van der Waals surface area contributed by atoms with E-state index in [2.05, 4.69) is 209 Å². The van der Waals surface area contributed by atoms with Gasteiger partial charge in [0, 0.05) is 68.8 Å². The van der Waals surface area contributed by atoms with Crippen molar-refractivity contribution in [3.63, 3.8) is 0 Å². The number of fused-ring (bicyclic) bond motifs is 6. The molecule has 0 aliphatic rings. The van der Waals surface area contributed by atoms with Crippen molar-refractivity contribution in [3.8, 4) is 0 Å². The first-order valence-electron chi connectivity index (χ1n) is 17.8. The van der Waals surface area contributed by atoms with Gasteiger partial charge in [-0.2, -0.15) is 0 Å². The highest BCUT2D eigenvalue weighted by atomic mass is 32.1. The summed E-state index contributed by atoms with van der Waals surface area (Å²) in [6, 6.07) is 69.7. The Balaban J connectivity index is 1.24. The average molecular weight is 716 g/mol. The van der Waals surface area contributed by atoms with Crippen LogP contribution in [0.2, 0.25) is 0 Å². The Morgan fingerprint density at radius 2 is 0.792 bits per heavy atom. The van der Waals surface area contributed by atoms with Gasteiger partial charge in [-0.25, -0.2) is 0 Å². The first-order chi connectivity index (χ1) is 26.3. The van der Waals surface area contributed by atoms with E-state index >= 15 is 0 Å². The topological polar surface area (TPSA) is 18.5 Å². The number of anilines is 8. The van der Waals surface area contributed by atoms with Gasteiger partial charge in [0.05, 0.1) is 17.1 Å². The Morgan fingerprint density at radius 1 is 0.340 bits per heavy atom. The number of benzene rings is 8. The lowest BCUT2D eigenvalue weighted by molar-refractivity contribution is 1.25. The second kappa shape index (κ2) is 13.3. The van der Waals surface area contributed by atoms with Gasteiger partial charge in [0.25, 0.3) is 0 Å². The number of hydrogen-bond donors (Lipinski definition) is 1. The van der Waals surface area contributed by atoms with Crippen LogP contribution in [-0.2, 0) is 0 Å². The maximum absolute atomic E-state index is 3.94. The first kappa shape index (κ1) is 31.3. The van der Waals surface area contributed by atoms with Gasteiger partial charge in [-0.3, -0.25) is 0 Å². The Morgan fingerprint density at radius 3 is 1.40 bits per heavy atom. The van der Waals surface area contributed by atoms with Crippen LogP contribution >= 0.6 is 22.7 Å². The monoisotopic (exact) mass is 715 g/mol. The van der Waals surface area contributed by atoms with E-state index in [1.165, 1.54) is 40.3 Å². The highest BCUT2D eigenvalue weighted by Crippen LogP contribution is 2.48. The summed E-state index contributed by atoms with van der Waals surface area (Å²) in [4.78, 5) is 4.77. The Kier molecular flexibility index (Phi) is 7.86. The largest absolute Gasteiger partial charge is 0.355 e. The van der Waals surface area contributed by atoms with Gasteiger partial charge in [-0.15, -0.1) is 22.7 Å². The molecule has 252 valence electrons. The van der Waals surface area contributed by atoms with E-state index in [9.17, 15) is 0 Å². The molecule has 2 aromatic heterocycles. The summed E-state index contributed by atoms with van der Waals surface area (Å²) >= 11 is 3.69. The third-order valence-corrected chi connectivity index (χ3v) is 12.0. The predicted molar refractivity (Wildman–Crippen MR) is 231 cm³/mol. The number of thiophene rings is 2. The fourth-order valence-corrected chi connectivity index (χ4v) is 9.77. The lowest BCUT2D eigenvalue weighted by atomic mass is 10.1. The molecule has 0 saturated heterocycles. The van der Waals surface area contributed by atoms with Crippen molar-refractivity contribution < 1.29 is 0 Å². The van der Waals surface area contributed by atoms with Crippen LogP contribution in [0.4, 0.5) is 45.5 Å². The standard InChI is InChI=1S/C48H33N3S2/c1-4-16-34(17-5-1)50(35-18-6-2-7-19-35)37-30-33(49-41-24-14-28-45-47(41)39-22-10-12-26-43(39)52-45)31-38(32-37)51(36-20-8-3-9-21-36)42-25-15-29-46-48(42)40-23-11-13-27-44(40)53-46/h1-32,49H. The zero-order chi connectivity index (χ0) is 35.1. The lowest BCUT2D eigenvalue weighted by Crippen LogP contribution is -2.14. The van der Waals surface area contributed by atoms with Crippen LogP contribution in [0.25, 0.3) is 40.3 Å². The molecule has 0 aliphatic heterocycles. The summed E-state index contributed by atoms with van der Waals surface area (Å²) in [7, 11) is 0.